The second-order valence-corrected chi connectivity index (χ2v) is 6.35. The summed E-state index contributed by atoms with van der Waals surface area (Å²) >= 11 is 0. The number of aliphatic carboxylic acids is 1. The Labute approximate surface area is 169 Å². The topological polar surface area (TPSA) is 147 Å². The van der Waals surface area contributed by atoms with E-state index in [1.807, 2.05) is 12.1 Å². The summed E-state index contributed by atoms with van der Waals surface area (Å²) in [6, 6.07) is 17.6. The van der Waals surface area contributed by atoms with E-state index in [1.165, 1.54) is 4.90 Å². The van der Waals surface area contributed by atoms with Gasteiger partial charge in [-0.05, 0) is 24.3 Å². The van der Waals surface area contributed by atoms with Gasteiger partial charge in [0.15, 0.2) is 11.2 Å². The Morgan fingerprint density at radius 2 is 1.57 bits per heavy atom. The summed E-state index contributed by atoms with van der Waals surface area (Å²) in [5, 5.41) is 9.34. The van der Waals surface area contributed by atoms with Crippen LogP contribution in [0.25, 0.3) is 11.2 Å². The summed E-state index contributed by atoms with van der Waals surface area (Å²) < 4.78 is 1.07. The first-order valence-electron chi connectivity index (χ1n) is 8.88. The van der Waals surface area contributed by atoms with Crippen molar-refractivity contribution in [2.75, 3.05) is 10.6 Å². The van der Waals surface area contributed by atoms with Crippen molar-refractivity contribution in [2.45, 2.75) is 6.54 Å². The van der Waals surface area contributed by atoms with Gasteiger partial charge in [0.05, 0.1) is 0 Å². The van der Waals surface area contributed by atoms with Gasteiger partial charge >= 0.3 is 5.97 Å². The van der Waals surface area contributed by atoms with Gasteiger partial charge < -0.3 is 10.8 Å². The van der Waals surface area contributed by atoms with E-state index in [0.29, 0.717) is 11.4 Å². The van der Waals surface area contributed by atoms with E-state index in [1.54, 1.807) is 48.5 Å². The molecule has 0 saturated carbocycles. The predicted molar refractivity (Wildman–Crippen MR) is 110 cm³/mol. The fourth-order valence-corrected chi connectivity index (χ4v) is 3.11. The molecular weight excluding hydrogens is 388 g/mol. The van der Waals surface area contributed by atoms with E-state index >= 15 is 0 Å². The van der Waals surface area contributed by atoms with Crippen LogP contribution in [0.15, 0.2) is 65.5 Å². The van der Waals surface area contributed by atoms with Crippen LogP contribution >= 0.6 is 0 Å². The molecule has 4 rings (SSSR count). The van der Waals surface area contributed by atoms with Gasteiger partial charge in [0, 0.05) is 11.4 Å². The van der Waals surface area contributed by atoms with Gasteiger partial charge in [0.2, 0.25) is 11.8 Å². The number of fused-ring (bicyclic) bond motifs is 1. The number of aromatic amines is 1. The molecule has 0 aliphatic carbocycles. The number of nitrogens with one attached hydrogen (secondary N) is 1. The van der Waals surface area contributed by atoms with Crippen LogP contribution < -0.4 is 16.2 Å². The molecule has 4 aromatic rings. The predicted octanol–water partition coefficient (Wildman–Crippen LogP) is 1.76. The van der Waals surface area contributed by atoms with Gasteiger partial charge in [-0.25, -0.2) is 4.98 Å². The number of hydrogen-bond donors (Lipinski definition) is 3. The molecule has 2 aromatic carbocycles. The van der Waals surface area contributed by atoms with Gasteiger partial charge in [-0.2, -0.15) is 4.98 Å². The minimum atomic E-state index is -1.23. The number of amides is 1. The first kappa shape index (κ1) is 18.9. The Morgan fingerprint density at radius 3 is 2.10 bits per heavy atom. The molecule has 10 nitrogen and oxygen atoms in total. The largest absolute Gasteiger partial charge is 0.480 e. The van der Waals surface area contributed by atoms with Gasteiger partial charge in [-0.1, -0.05) is 36.4 Å². The molecule has 4 N–H and O–H groups in total. The molecule has 0 saturated heterocycles. The second kappa shape index (κ2) is 7.51. The average molecular weight is 404 g/mol. The number of nitrogens with zero attached hydrogens (tertiary/aromatic N) is 4. The lowest BCUT2D eigenvalue weighted by molar-refractivity contribution is -0.137. The molecule has 0 fully saturated rings. The lowest BCUT2D eigenvalue weighted by Crippen LogP contribution is -2.29. The third-order valence-corrected chi connectivity index (χ3v) is 4.34. The van der Waals surface area contributed by atoms with Crippen molar-refractivity contribution in [3.63, 3.8) is 0 Å². The van der Waals surface area contributed by atoms with Gasteiger partial charge in [-0.15, -0.1) is 0 Å². The third-order valence-electron chi connectivity index (χ3n) is 4.34. The molecular formula is C20H16N6O4. The van der Waals surface area contributed by atoms with Crippen LogP contribution in [0.5, 0.6) is 0 Å². The van der Waals surface area contributed by atoms with Crippen molar-refractivity contribution >= 4 is 40.4 Å². The minimum Gasteiger partial charge on any atom is -0.480 e. The Hall–Kier alpha value is -4.47. The number of hydrogen-bond acceptors (Lipinski definition) is 6. The van der Waals surface area contributed by atoms with Crippen molar-refractivity contribution in [1.29, 1.82) is 0 Å². The fraction of sp³-hybridized carbons (Fsp3) is 0.0500. The summed E-state index contributed by atoms with van der Waals surface area (Å²) in [5.41, 5.74) is 5.77. The number of rotatable bonds is 5. The minimum absolute atomic E-state index is 0.0805. The van der Waals surface area contributed by atoms with Crippen LogP contribution in [-0.4, -0.2) is 36.5 Å². The fourth-order valence-electron chi connectivity index (χ4n) is 3.11. The molecule has 2 aromatic heterocycles. The molecule has 150 valence electrons. The molecule has 10 heteroatoms. The van der Waals surface area contributed by atoms with Crippen LogP contribution in [-0.2, 0) is 11.3 Å². The molecule has 0 bridgehead atoms. The van der Waals surface area contributed by atoms with Crippen molar-refractivity contribution in [3.8, 4) is 0 Å². The number of carbonyl (C=O) groups is 2. The molecule has 1 amide bonds. The monoisotopic (exact) mass is 404 g/mol. The number of anilines is 3. The van der Waals surface area contributed by atoms with Crippen LogP contribution in [0.3, 0.4) is 0 Å². The molecule has 0 spiro atoms. The van der Waals surface area contributed by atoms with E-state index in [2.05, 4.69) is 15.0 Å². The van der Waals surface area contributed by atoms with E-state index in [4.69, 9.17) is 5.73 Å². The molecule has 30 heavy (non-hydrogen) atoms. The number of benzene rings is 2. The average Bonchev–Trinajstić information content (AvgIpc) is 3.08. The molecule has 0 atom stereocenters. The summed E-state index contributed by atoms with van der Waals surface area (Å²) in [5.74, 6) is -2.30. The smallest absolute Gasteiger partial charge is 0.323 e. The number of H-pyrrole nitrogens is 1. The summed E-state index contributed by atoms with van der Waals surface area (Å²) in [6.45, 7) is -0.620. The number of aromatic nitrogens is 4. The second-order valence-electron chi connectivity index (χ2n) is 6.35. The number of nitrogen functional groups attached to an aromatic ring is 1. The number of carboxylic acids is 1. The standard InChI is InChI=1S/C20H16N6O4/c21-20-23-16-15(18(29)24-20)22-17(25(16)11-14(27)28)19(30)26(12-7-3-1-4-8-12)13-9-5-2-6-10-13/h1-10H,11H2,(H,27,28)(H3,21,23,24,29). The Balaban J connectivity index is 1.95. The number of para-hydroxylation sites is 2. The first-order chi connectivity index (χ1) is 14.5. The Kier molecular flexibility index (Phi) is 4.72. The van der Waals surface area contributed by atoms with Gasteiger partial charge in [0.1, 0.15) is 6.54 Å². The normalized spacial score (nSPS) is 10.8. The number of carbonyl (C=O) groups excluding carboxylic acids is 1. The Morgan fingerprint density at radius 1 is 1.00 bits per heavy atom. The van der Waals surface area contributed by atoms with Crippen LogP contribution in [0.4, 0.5) is 17.3 Å². The third kappa shape index (κ3) is 3.37. The highest BCUT2D eigenvalue weighted by atomic mass is 16.4. The highest BCUT2D eigenvalue weighted by molar-refractivity contribution is 6.10. The van der Waals surface area contributed by atoms with Crippen molar-refractivity contribution in [3.05, 3.63) is 76.8 Å². The zero-order valence-electron chi connectivity index (χ0n) is 15.5. The van der Waals surface area contributed by atoms with Gasteiger partial charge in [-0.3, -0.25) is 28.8 Å². The maximum absolute atomic E-state index is 13.6. The lowest BCUT2D eigenvalue weighted by Gasteiger charge is -2.22. The Bertz CT molecular complexity index is 1260. The number of nitrogens with two attached hydrogens (primary N) is 1. The van der Waals surface area contributed by atoms with E-state index in [-0.39, 0.29) is 22.9 Å². The zero-order chi connectivity index (χ0) is 21.3. The zero-order valence-corrected chi connectivity index (χ0v) is 15.5. The maximum atomic E-state index is 13.6. The number of carboxylic acid groups (broad SMARTS) is 1. The first-order valence-corrected chi connectivity index (χ1v) is 8.88. The maximum Gasteiger partial charge on any atom is 0.323 e. The lowest BCUT2D eigenvalue weighted by atomic mass is 10.2. The highest BCUT2D eigenvalue weighted by Gasteiger charge is 2.28. The molecule has 0 radical (unpaired) electrons. The van der Waals surface area contributed by atoms with Crippen LogP contribution in [0.1, 0.15) is 10.6 Å². The summed E-state index contributed by atoms with van der Waals surface area (Å²) in [6.07, 6.45) is 0. The van der Waals surface area contributed by atoms with E-state index in [9.17, 15) is 19.5 Å². The van der Waals surface area contributed by atoms with Crippen molar-refractivity contribution < 1.29 is 14.7 Å². The number of imidazole rings is 1. The summed E-state index contributed by atoms with van der Waals surface area (Å²) in [4.78, 5) is 49.1. The molecule has 0 aliphatic heterocycles. The van der Waals surface area contributed by atoms with E-state index < -0.39 is 24.0 Å². The summed E-state index contributed by atoms with van der Waals surface area (Å²) in [7, 11) is 0. The van der Waals surface area contributed by atoms with Crippen LogP contribution in [0.2, 0.25) is 0 Å². The molecule has 0 unspecified atom stereocenters. The highest BCUT2D eigenvalue weighted by Crippen LogP contribution is 2.27. The molecule has 0 aliphatic rings. The van der Waals surface area contributed by atoms with Crippen molar-refractivity contribution in [1.82, 2.24) is 19.5 Å². The van der Waals surface area contributed by atoms with Crippen LogP contribution in [0, 0.1) is 0 Å². The van der Waals surface area contributed by atoms with Gasteiger partial charge in [0.25, 0.3) is 11.5 Å². The SMILES string of the molecule is Nc1nc2c(nc(C(=O)N(c3ccccc3)c3ccccc3)n2CC(=O)O)c(=O)[nH]1. The van der Waals surface area contributed by atoms with Crippen molar-refractivity contribution in [2.24, 2.45) is 0 Å². The van der Waals surface area contributed by atoms with E-state index in [0.717, 1.165) is 4.57 Å². The quantitative estimate of drug-likeness (QED) is 0.459. The molecule has 2 heterocycles.